The predicted molar refractivity (Wildman–Crippen MR) is 88.5 cm³/mol. The first-order valence-electron chi connectivity index (χ1n) is 6.27. The van der Waals surface area contributed by atoms with Crippen molar-refractivity contribution in [1.82, 2.24) is 0 Å². The molecule has 6 heteroatoms. The molecule has 0 N–H and O–H groups in total. The van der Waals surface area contributed by atoms with Gasteiger partial charge in [0.15, 0.2) is 5.70 Å². The van der Waals surface area contributed by atoms with Crippen LogP contribution in [0, 0.1) is 0 Å². The van der Waals surface area contributed by atoms with E-state index in [1.807, 2.05) is 0 Å². The van der Waals surface area contributed by atoms with E-state index in [2.05, 4.69) is 4.99 Å². The predicted octanol–water partition coefficient (Wildman–Crippen LogP) is 4.99. The first-order valence-corrected chi connectivity index (χ1v) is 7.40. The first kappa shape index (κ1) is 15.1. The largest absolute Gasteiger partial charge is 0.402 e. The molecule has 0 amide bonds. The molecule has 0 aromatic heterocycles. The van der Waals surface area contributed by atoms with Gasteiger partial charge in [0, 0.05) is 10.0 Å². The molecule has 0 atom stereocenters. The highest BCUT2D eigenvalue weighted by molar-refractivity contribution is 6.36. The summed E-state index contributed by atoms with van der Waals surface area (Å²) in [6.45, 7) is 0. The Morgan fingerprint density at radius 1 is 1.00 bits per heavy atom. The zero-order valence-electron chi connectivity index (χ0n) is 11.0. The molecule has 0 fully saturated rings. The second kappa shape index (κ2) is 6.13. The van der Waals surface area contributed by atoms with Gasteiger partial charge < -0.3 is 4.74 Å². The van der Waals surface area contributed by atoms with Crippen molar-refractivity contribution in [3.05, 3.63) is 74.4 Å². The van der Waals surface area contributed by atoms with E-state index in [0.29, 0.717) is 26.2 Å². The van der Waals surface area contributed by atoms with Gasteiger partial charge in [-0.05, 0) is 35.9 Å². The highest BCUT2D eigenvalue weighted by Gasteiger charge is 2.25. The lowest BCUT2D eigenvalue weighted by molar-refractivity contribution is -0.129. The molecule has 1 aliphatic rings. The van der Waals surface area contributed by atoms with E-state index in [1.165, 1.54) is 0 Å². The normalized spacial score (nSPS) is 15.9. The molecular formula is C16H8Cl3NO2. The summed E-state index contributed by atoms with van der Waals surface area (Å²) in [5, 5.41) is 1.40. The number of cyclic esters (lactones) is 1. The van der Waals surface area contributed by atoms with Gasteiger partial charge in [-0.15, -0.1) is 0 Å². The van der Waals surface area contributed by atoms with Crippen molar-refractivity contribution >= 4 is 52.7 Å². The Hall–Kier alpha value is -1.81. The van der Waals surface area contributed by atoms with Gasteiger partial charge in [-0.3, -0.25) is 0 Å². The van der Waals surface area contributed by atoms with Crippen LogP contribution in [0.1, 0.15) is 11.1 Å². The van der Waals surface area contributed by atoms with Crippen LogP contribution in [0.3, 0.4) is 0 Å². The van der Waals surface area contributed by atoms with Crippen molar-refractivity contribution in [1.29, 1.82) is 0 Å². The molecule has 22 heavy (non-hydrogen) atoms. The van der Waals surface area contributed by atoms with Crippen LogP contribution >= 0.6 is 34.8 Å². The van der Waals surface area contributed by atoms with Gasteiger partial charge in [-0.1, -0.05) is 53.0 Å². The average Bonchev–Trinajstić information content (AvgIpc) is 2.83. The molecule has 0 saturated heterocycles. The summed E-state index contributed by atoms with van der Waals surface area (Å²) >= 11 is 18.0. The minimum Gasteiger partial charge on any atom is -0.402 e. The molecule has 0 spiro atoms. The Morgan fingerprint density at radius 2 is 1.77 bits per heavy atom. The van der Waals surface area contributed by atoms with Crippen LogP contribution in [-0.4, -0.2) is 11.9 Å². The number of aliphatic imine (C=N–C) groups is 1. The third kappa shape index (κ3) is 3.02. The Morgan fingerprint density at radius 3 is 2.50 bits per heavy atom. The maximum absolute atomic E-state index is 11.9. The van der Waals surface area contributed by atoms with E-state index in [1.54, 1.807) is 48.5 Å². The molecule has 2 aromatic rings. The number of carbonyl (C=O) groups excluding carboxylic acids is 1. The van der Waals surface area contributed by atoms with Crippen LogP contribution in [0.25, 0.3) is 6.08 Å². The zero-order chi connectivity index (χ0) is 15.7. The minimum atomic E-state index is -0.555. The number of rotatable bonds is 2. The fourth-order valence-corrected chi connectivity index (χ4v) is 2.60. The van der Waals surface area contributed by atoms with Crippen LogP contribution in [0.4, 0.5) is 0 Å². The van der Waals surface area contributed by atoms with Crippen molar-refractivity contribution in [3.8, 4) is 0 Å². The zero-order valence-corrected chi connectivity index (χ0v) is 13.3. The molecule has 110 valence electrons. The van der Waals surface area contributed by atoms with Crippen molar-refractivity contribution in [2.75, 3.05) is 0 Å². The molecule has 0 aliphatic carbocycles. The summed E-state index contributed by atoms with van der Waals surface area (Å²) in [4.78, 5) is 16.1. The standard InChI is InChI=1S/C16H8Cl3NO2/c17-10-6-5-9(13(19)8-10)7-14-16(21)22-15(20-14)11-3-1-2-4-12(11)18/h1-8H. The van der Waals surface area contributed by atoms with Crippen molar-refractivity contribution in [2.24, 2.45) is 4.99 Å². The monoisotopic (exact) mass is 351 g/mol. The van der Waals surface area contributed by atoms with Crippen LogP contribution < -0.4 is 0 Å². The number of halogens is 3. The highest BCUT2D eigenvalue weighted by Crippen LogP contribution is 2.27. The summed E-state index contributed by atoms with van der Waals surface area (Å²) in [7, 11) is 0. The highest BCUT2D eigenvalue weighted by atomic mass is 35.5. The van der Waals surface area contributed by atoms with E-state index in [0.717, 1.165) is 0 Å². The Labute approximate surface area is 141 Å². The average molecular weight is 353 g/mol. The molecule has 0 unspecified atom stereocenters. The Kier molecular flexibility index (Phi) is 4.21. The maximum atomic E-state index is 11.9. The lowest BCUT2D eigenvalue weighted by Crippen LogP contribution is -2.05. The van der Waals surface area contributed by atoms with Gasteiger partial charge in [0.05, 0.1) is 10.6 Å². The van der Waals surface area contributed by atoms with Crippen LogP contribution in [0.5, 0.6) is 0 Å². The number of benzene rings is 2. The number of esters is 1. The molecule has 0 radical (unpaired) electrons. The number of hydrogen-bond acceptors (Lipinski definition) is 3. The van der Waals surface area contributed by atoms with E-state index >= 15 is 0 Å². The summed E-state index contributed by atoms with van der Waals surface area (Å²) in [6, 6.07) is 12.0. The summed E-state index contributed by atoms with van der Waals surface area (Å²) in [6.07, 6.45) is 1.55. The fourth-order valence-electron chi connectivity index (χ4n) is 1.92. The quantitative estimate of drug-likeness (QED) is 0.564. The van der Waals surface area contributed by atoms with Crippen molar-refractivity contribution in [2.45, 2.75) is 0 Å². The Balaban J connectivity index is 2.00. The van der Waals surface area contributed by atoms with Gasteiger partial charge in [0.2, 0.25) is 5.90 Å². The van der Waals surface area contributed by atoms with Crippen LogP contribution in [0.15, 0.2) is 53.2 Å². The molecular weight excluding hydrogens is 345 g/mol. The van der Waals surface area contributed by atoms with Gasteiger partial charge in [0.1, 0.15) is 0 Å². The van der Waals surface area contributed by atoms with E-state index in [9.17, 15) is 4.79 Å². The smallest absolute Gasteiger partial charge is 0.363 e. The molecule has 0 saturated carbocycles. The number of ether oxygens (including phenoxy) is 1. The van der Waals surface area contributed by atoms with Gasteiger partial charge >= 0.3 is 5.97 Å². The number of hydrogen-bond donors (Lipinski definition) is 0. The van der Waals surface area contributed by atoms with E-state index < -0.39 is 5.97 Å². The lowest BCUT2D eigenvalue weighted by Gasteiger charge is -2.00. The lowest BCUT2D eigenvalue weighted by atomic mass is 10.2. The molecule has 2 aromatic carbocycles. The van der Waals surface area contributed by atoms with E-state index in [-0.39, 0.29) is 11.6 Å². The van der Waals surface area contributed by atoms with Crippen LogP contribution in [-0.2, 0) is 9.53 Å². The van der Waals surface area contributed by atoms with Gasteiger partial charge in [0.25, 0.3) is 0 Å². The third-order valence-corrected chi connectivity index (χ3v) is 3.87. The SMILES string of the molecule is O=C1OC(c2ccccc2Cl)=NC1=Cc1ccc(Cl)cc1Cl. The second-order valence-corrected chi connectivity index (χ2v) is 5.73. The Bertz CT molecular complexity index is 828. The fraction of sp³-hybridized carbons (Fsp3) is 0. The molecule has 3 nitrogen and oxygen atoms in total. The van der Waals surface area contributed by atoms with Gasteiger partial charge in [-0.25, -0.2) is 9.79 Å². The van der Waals surface area contributed by atoms with Gasteiger partial charge in [-0.2, -0.15) is 0 Å². The van der Waals surface area contributed by atoms with Crippen LogP contribution in [0.2, 0.25) is 15.1 Å². The van der Waals surface area contributed by atoms with Crippen molar-refractivity contribution in [3.63, 3.8) is 0 Å². The van der Waals surface area contributed by atoms with Crippen molar-refractivity contribution < 1.29 is 9.53 Å². The first-order chi connectivity index (χ1) is 10.5. The topological polar surface area (TPSA) is 38.7 Å². The second-order valence-electron chi connectivity index (χ2n) is 4.48. The molecule has 1 heterocycles. The molecule has 0 bridgehead atoms. The molecule has 1 aliphatic heterocycles. The minimum absolute atomic E-state index is 0.152. The summed E-state index contributed by atoms with van der Waals surface area (Å²) in [5.41, 5.74) is 1.34. The summed E-state index contributed by atoms with van der Waals surface area (Å²) < 4.78 is 5.17. The number of carbonyl (C=O) groups is 1. The molecule has 3 rings (SSSR count). The number of nitrogens with zero attached hydrogens (tertiary/aromatic N) is 1. The third-order valence-electron chi connectivity index (χ3n) is 2.98. The maximum Gasteiger partial charge on any atom is 0.363 e. The summed E-state index contributed by atoms with van der Waals surface area (Å²) in [5.74, 6) is -0.382. The van der Waals surface area contributed by atoms with E-state index in [4.69, 9.17) is 39.5 Å².